The quantitative estimate of drug-likeness (QED) is 0.207. The number of hydrogen-bond acceptors (Lipinski definition) is 3. The maximum absolute atomic E-state index is 12.1. The van der Waals surface area contributed by atoms with E-state index in [0.29, 0.717) is 5.57 Å². The van der Waals surface area contributed by atoms with Gasteiger partial charge in [-0.15, -0.1) is 0 Å². The summed E-state index contributed by atoms with van der Waals surface area (Å²) in [5, 5.41) is 0. The number of benzene rings is 3. The van der Waals surface area contributed by atoms with Crippen molar-refractivity contribution in [1.82, 2.24) is 0 Å². The molecule has 0 aliphatic rings. The molecule has 0 unspecified atom stereocenters. The molecular formula is C27H24O3. The molecule has 0 N–H and O–H groups in total. The number of rotatable bonds is 7. The number of carbonyl (C=O) groups is 1. The molecule has 0 saturated carbocycles. The molecule has 30 heavy (non-hydrogen) atoms. The van der Waals surface area contributed by atoms with E-state index in [0.717, 1.165) is 22.3 Å². The molecule has 0 spiro atoms. The molecule has 3 aromatic rings. The molecule has 0 aliphatic carbocycles. The topological polar surface area (TPSA) is 35.5 Å². The van der Waals surface area contributed by atoms with E-state index in [1.165, 1.54) is 26.0 Å². The van der Waals surface area contributed by atoms with E-state index < -0.39 is 5.97 Å². The van der Waals surface area contributed by atoms with Crippen molar-refractivity contribution < 1.29 is 14.3 Å². The van der Waals surface area contributed by atoms with E-state index in [2.05, 4.69) is 48.6 Å². The fourth-order valence-corrected chi connectivity index (χ4v) is 3.00. The number of carbonyl (C=O) groups excluding carboxylic acids is 1. The van der Waals surface area contributed by atoms with E-state index >= 15 is 0 Å². The largest absolute Gasteiger partial charge is 0.503 e. The average Bonchev–Trinajstić information content (AvgIpc) is 2.81. The summed E-state index contributed by atoms with van der Waals surface area (Å²) in [5.41, 5.74) is 5.40. The minimum atomic E-state index is -0.438. The summed E-state index contributed by atoms with van der Waals surface area (Å²) < 4.78 is 9.96. The van der Waals surface area contributed by atoms with Gasteiger partial charge in [0.05, 0.1) is 20.5 Å². The molecule has 3 rings (SSSR count). The molecule has 3 nitrogen and oxygen atoms in total. The first-order chi connectivity index (χ1) is 14.7. The summed E-state index contributed by atoms with van der Waals surface area (Å²) in [7, 11) is 2.87. The lowest BCUT2D eigenvalue weighted by Crippen LogP contribution is -2.05. The zero-order valence-corrected chi connectivity index (χ0v) is 17.1. The fourth-order valence-electron chi connectivity index (χ4n) is 3.00. The van der Waals surface area contributed by atoms with Gasteiger partial charge >= 0.3 is 5.97 Å². The van der Waals surface area contributed by atoms with Crippen LogP contribution in [-0.2, 0) is 14.3 Å². The van der Waals surface area contributed by atoms with Gasteiger partial charge in [-0.1, -0.05) is 103 Å². The van der Waals surface area contributed by atoms with Gasteiger partial charge in [0.1, 0.15) is 5.57 Å². The van der Waals surface area contributed by atoms with Crippen molar-refractivity contribution in [2.45, 2.75) is 0 Å². The minimum absolute atomic E-state index is 0.377. The highest BCUT2D eigenvalue weighted by Gasteiger charge is 2.15. The highest BCUT2D eigenvalue weighted by atomic mass is 16.5. The third-order valence-corrected chi connectivity index (χ3v) is 4.55. The SMILES string of the molecule is COC=C(C(=O)OC)c1ccccc1C=Cc1ccc(C=Cc2ccccc2)cc1. The molecule has 0 saturated heterocycles. The van der Waals surface area contributed by atoms with E-state index in [1.54, 1.807) is 0 Å². The standard InChI is InChI=1S/C27H24O3/c1-29-20-26(27(28)30-2)25-11-7-6-10-24(25)19-18-23-16-14-22(15-17-23)13-12-21-8-4-3-5-9-21/h3-20H,1-2H3. The second kappa shape index (κ2) is 10.6. The van der Waals surface area contributed by atoms with Crippen LogP contribution in [0.5, 0.6) is 0 Å². The highest BCUT2D eigenvalue weighted by molar-refractivity contribution is 6.17. The molecule has 0 aliphatic heterocycles. The summed E-state index contributed by atoms with van der Waals surface area (Å²) in [4.78, 5) is 12.1. The predicted molar refractivity (Wildman–Crippen MR) is 124 cm³/mol. The zero-order valence-electron chi connectivity index (χ0n) is 17.1. The Morgan fingerprint density at radius 3 is 1.80 bits per heavy atom. The lowest BCUT2D eigenvalue weighted by Gasteiger charge is -2.09. The van der Waals surface area contributed by atoms with Gasteiger partial charge in [-0.3, -0.25) is 0 Å². The molecule has 150 valence electrons. The average molecular weight is 396 g/mol. The number of ether oxygens (including phenoxy) is 2. The van der Waals surface area contributed by atoms with E-state index in [-0.39, 0.29) is 0 Å². The van der Waals surface area contributed by atoms with Crippen LogP contribution in [0, 0.1) is 0 Å². The Balaban J connectivity index is 1.79. The van der Waals surface area contributed by atoms with Gasteiger partial charge in [0, 0.05) is 0 Å². The smallest absolute Gasteiger partial charge is 0.341 e. The summed E-state index contributed by atoms with van der Waals surface area (Å²) >= 11 is 0. The molecule has 0 radical (unpaired) electrons. The third-order valence-electron chi connectivity index (χ3n) is 4.55. The second-order valence-electron chi connectivity index (χ2n) is 6.59. The van der Waals surface area contributed by atoms with Crippen LogP contribution in [-0.4, -0.2) is 20.2 Å². The third kappa shape index (κ3) is 5.58. The Morgan fingerprint density at radius 2 is 1.20 bits per heavy atom. The minimum Gasteiger partial charge on any atom is -0.503 e. The summed E-state index contributed by atoms with van der Waals surface area (Å²) in [6.45, 7) is 0. The van der Waals surface area contributed by atoms with E-state index in [4.69, 9.17) is 9.47 Å². The first kappa shape index (κ1) is 20.9. The van der Waals surface area contributed by atoms with Crippen molar-refractivity contribution in [2.75, 3.05) is 14.2 Å². The Labute approximate surface area is 177 Å². The van der Waals surface area contributed by atoms with Gasteiger partial charge in [0.15, 0.2) is 0 Å². The van der Waals surface area contributed by atoms with Gasteiger partial charge in [0.25, 0.3) is 0 Å². The Bertz CT molecular complexity index is 1060. The number of esters is 1. The Hall–Kier alpha value is -3.85. The molecule has 3 heteroatoms. The summed E-state index contributed by atoms with van der Waals surface area (Å²) in [6, 6.07) is 26.1. The van der Waals surface area contributed by atoms with Gasteiger partial charge in [0.2, 0.25) is 0 Å². The molecule has 0 bridgehead atoms. The van der Waals surface area contributed by atoms with Gasteiger partial charge < -0.3 is 9.47 Å². The van der Waals surface area contributed by atoms with Crippen LogP contribution < -0.4 is 0 Å². The van der Waals surface area contributed by atoms with Crippen LogP contribution >= 0.6 is 0 Å². The van der Waals surface area contributed by atoms with Crippen LogP contribution in [0.1, 0.15) is 27.8 Å². The van der Waals surface area contributed by atoms with Crippen molar-refractivity contribution in [2.24, 2.45) is 0 Å². The zero-order chi connectivity index (χ0) is 21.2. The number of hydrogen-bond donors (Lipinski definition) is 0. The predicted octanol–water partition coefficient (Wildman–Crippen LogP) is 6.19. The van der Waals surface area contributed by atoms with Crippen LogP contribution in [0.4, 0.5) is 0 Å². The maximum atomic E-state index is 12.1. The van der Waals surface area contributed by atoms with E-state index in [9.17, 15) is 4.79 Å². The van der Waals surface area contributed by atoms with E-state index in [1.807, 2.05) is 54.6 Å². The van der Waals surface area contributed by atoms with Crippen molar-refractivity contribution in [1.29, 1.82) is 0 Å². The van der Waals surface area contributed by atoms with Crippen LogP contribution in [0.25, 0.3) is 29.9 Å². The monoisotopic (exact) mass is 396 g/mol. The maximum Gasteiger partial charge on any atom is 0.341 e. The lowest BCUT2D eigenvalue weighted by atomic mass is 9.99. The van der Waals surface area contributed by atoms with Crippen LogP contribution in [0.3, 0.4) is 0 Å². The molecule has 0 heterocycles. The van der Waals surface area contributed by atoms with Crippen molar-refractivity contribution in [3.05, 3.63) is 113 Å². The van der Waals surface area contributed by atoms with Crippen LogP contribution in [0.15, 0.2) is 85.1 Å². The lowest BCUT2D eigenvalue weighted by molar-refractivity contribution is -0.133. The molecule has 3 aromatic carbocycles. The van der Waals surface area contributed by atoms with Crippen molar-refractivity contribution in [3.8, 4) is 0 Å². The van der Waals surface area contributed by atoms with Crippen LogP contribution in [0.2, 0.25) is 0 Å². The molecule has 0 fully saturated rings. The Morgan fingerprint density at radius 1 is 0.667 bits per heavy atom. The van der Waals surface area contributed by atoms with Gasteiger partial charge in [-0.2, -0.15) is 0 Å². The molecule has 0 aromatic heterocycles. The normalized spacial score (nSPS) is 11.7. The second-order valence-corrected chi connectivity index (χ2v) is 6.59. The van der Waals surface area contributed by atoms with Crippen molar-refractivity contribution >= 4 is 35.8 Å². The number of methoxy groups -OCH3 is 2. The molecule has 0 amide bonds. The van der Waals surface area contributed by atoms with Gasteiger partial charge in [-0.05, 0) is 27.8 Å². The molecular weight excluding hydrogens is 372 g/mol. The molecule has 0 atom stereocenters. The first-order valence-electron chi connectivity index (χ1n) is 9.63. The fraction of sp³-hybridized carbons (Fsp3) is 0.0741. The first-order valence-corrected chi connectivity index (χ1v) is 9.63. The van der Waals surface area contributed by atoms with Crippen molar-refractivity contribution in [3.63, 3.8) is 0 Å². The van der Waals surface area contributed by atoms with Gasteiger partial charge in [-0.25, -0.2) is 4.79 Å². The summed E-state index contributed by atoms with van der Waals surface area (Å²) in [5.74, 6) is -0.438. The summed E-state index contributed by atoms with van der Waals surface area (Å²) in [6.07, 6.45) is 9.60. The highest BCUT2D eigenvalue weighted by Crippen LogP contribution is 2.23. The Kier molecular flexibility index (Phi) is 7.39.